The maximum Gasteiger partial charge on any atom is 0.224 e. The van der Waals surface area contributed by atoms with Crippen LogP contribution in [-0.4, -0.2) is 24.1 Å². The van der Waals surface area contributed by atoms with Gasteiger partial charge in [0, 0.05) is 26.8 Å². The van der Waals surface area contributed by atoms with Crippen LogP contribution in [0.15, 0.2) is 25.9 Å². The smallest absolute Gasteiger partial charge is 0.224 e. The molecule has 1 N–H and O–H groups in total. The molecule has 7 heteroatoms. The van der Waals surface area contributed by atoms with Crippen molar-refractivity contribution >= 4 is 55.0 Å². The van der Waals surface area contributed by atoms with Gasteiger partial charge < -0.3 is 10.2 Å². The van der Waals surface area contributed by atoms with Crippen molar-refractivity contribution < 1.29 is 0 Å². The first-order valence-electron chi connectivity index (χ1n) is 5.24. The van der Waals surface area contributed by atoms with Gasteiger partial charge in [-0.15, -0.1) is 11.3 Å². The maximum absolute atomic E-state index is 4.44. The number of nitrogens with zero attached hydrogens (tertiary/aromatic N) is 3. The van der Waals surface area contributed by atoms with E-state index in [1.165, 1.54) is 5.56 Å². The number of halogens is 2. The summed E-state index contributed by atoms with van der Waals surface area (Å²) in [6, 6.07) is 2.12. The van der Waals surface area contributed by atoms with Crippen LogP contribution in [0.25, 0.3) is 0 Å². The van der Waals surface area contributed by atoms with Gasteiger partial charge in [-0.1, -0.05) is 0 Å². The highest BCUT2D eigenvalue weighted by molar-refractivity contribution is 9.11. The predicted molar refractivity (Wildman–Crippen MR) is 83.4 cm³/mol. The zero-order valence-electron chi connectivity index (χ0n) is 9.94. The van der Waals surface area contributed by atoms with Crippen LogP contribution >= 0.6 is 43.2 Å². The standard InChI is InChI=1S/C11H12Br2N4S/c1-14-11-15-4-8(12)10(16-11)17(2)5-7-3-9(13)18-6-7/h3-4,6H,5H2,1-2H3,(H,14,15,16). The Morgan fingerprint density at radius 2 is 2.22 bits per heavy atom. The van der Waals surface area contributed by atoms with Crippen LogP contribution in [0.1, 0.15) is 5.56 Å². The summed E-state index contributed by atoms with van der Waals surface area (Å²) in [5, 5.41) is 5.08. The summed E-state index contributed by atoms with van der Waals surface area (Å²) in [4.78, 5) is 10.7. The fraction of sp³-hybridized carbons (Fsp3) is 0.273. The first kappa shape index (κ1) is 13.8. The molecule has 4 nitrogen and oxygen atoms in total. The van der Waals surface area contributed by atoms with Crippen LogP contribution in [0, 0.1) is 0 Å². The second-order valence-electron chi connectivity index (χ2n) is 3.73. The van der Waals surface area contributed by atoms with Crippen molar-refractivity contribution in [1.82, 2.24) is 9.97 Å². The molecule has 0 saturated heterocycles. The molecule has 0 bridgehead atoms. The molecule has 96 valence electrons. The molecule has 0 aromatic carbocycles. The van der Waals surface area contributed by atoms with E-state index in [2.05, 4.69) is 63.5 Å². The first-order valence-corrected chi connectivity index (χ1v) is 7.71. The van der Waals surface area contributed by atoms with Gasteiger partial charge in [-0.3, -0.25) is 0 Å². The zero-order valence-corrected chi connectivity index (χ0v) is 13.9. The van der Waals surface area contributed by atoms with Gasteiger partial charge in [0.25, 0.3) is 0 Å². The molecule has 0 spiro atoms. The fourth-order valence-electron chi connectivity index (χ4n) is 1.52. The van der Waals surface area contributed by atoms with Crippen molar-refractivity contribution in [3.63, 3.8) is 0 Å². The van der Waals surface area contributed by atoms with E-state index in [4.69, 9.17) is 0 Å². The lowest BCUT2D eigenvalue weighted by atomic mass is 10.3. The average molecular weight is 392 g/mol. The molecule has 0 amide bonds. The summed E-state index contributed by atoms with van der Waals surface area (Å²) in [6.07, 6.45) is 1.76. The number of anilines is 2. The molecule has 0 aliphatic heterocycles. The SMILES string of the molecule is CNc1ncc(Br)c(N(C)Cc2csc(Br)c2)n1. The van der Waals surface area contributed by atoms with E-state index in [9.17, 15) is 0 Å². The number of hydrogen-bond acceptors (Lipinski definition) is 5. The van der Waals surface area contributed by atoms with Gasteiger partial charge in [-0.25, -0.2) is 4.98 Å². The van der Waals surface area contributed by atoms with Gasteiger partial charge in [-0.05, 0) is 48.9 Å². The van der Waals surface area contributed by atoms with Crippen molar-refractivity contribution in [3.05, 3.63) is 31.5 Å². The van der Waals surface area contributed by atoms with E-state index in [0.29, 0.717) is 5.95 Å². The Morgan fingerprint density at radius 3 is 2.83 bits per heavy atom. The molecule has 2 aromatic heterocycles. The summed E-state index contributed by atoms with van der Waals surface area (Å²) in [7, 11) is 3.82. The molecule has 0 aliphatic carbocycles. The third-order valence-electron chi connectivity index (χ3n) is 2.35. The molecular formula is C11H12Br2N4S. The quantitative estimate of drug-likeness (QED) is 0.861. The van der Waals surface area contributed by atoms with Gasteiger partial charge >= 0.3 is 0 Å². The Morgan fingerprint density at radius 1 is 1.44 bits per heavy atom. The minimum Gasteiger partial charge on any atom is -0.357 e. The molecule has 0 saturated carbocycles. The predicted octanol–water partition coefficient (Wildman–Crippen LogP) is 3.74. The lowest BCUT2D eigenvalue weighted by Crippen LogP contribution is -2.18. The molecule has 0 aliphatic rings. The van der Waals surface area contributed by atoms with Crippen LogP contribution in [0.5, 0.6) is 0 Å². The second kappa shape index (κ2) is 5.99. The Hall–Kier alpha value is -0.660. The highest BCUT2D eigenvalue weighted by atomic mass is 79.9. The van der Waals surface area contributed by atoms with E-state index >= 15 is 0 Å². The average Bonchev–Trinajstić information content (AvgIpc) is 2.75. The molecule has 0 fully saturated rings. The van der Waals surface area contributed by atoms with Crippen LogP contribution < -0.4 is 10.2 Å². The minimum absolute atomic E-state index is 0.617. The Balaban J connectivity index is 2.20. The van der Waals surface area contributed by atoms with E-state index in [-0.39, 0.29) is 0 Å². The van der Waals surface area contributed by atoms with Gasteiger partial charge in [0.05, 0.1) is 8.26 Å². The topological polar surface area (TPSA) is 41.1 Å². The first-order chi connectivity index (χ1) is 8.60. The highest BCUT2D eigenvalue weighted by Gasteiger charge is 2.10. The summed E-state index contributed by atoms with van der Waals surface area (Å²) < 4.78 is 2.03. The second-order valence-corrected chi connectivity index (χ2v) is 6.88. The summed E-state index contributed by atoms with van der Waals surface area (Å²) in [6.45, 7) is 0.806. The molecule has 2 aromatic rings. The highest BCUT2D eigenvalue weighted by Crippen LogP contribution is 2.26. The largest absolute Gasteiger partial charge is 0.357 e. The van der Waals surface area contributed by atoms with Crippen LogP contribution in [0.3, 0.4) is 0 Å². The summed E-state index contributed by atoms with van der Waals surface area (Å²) >= 11 is 8.64. The van der Waals surface area contributed by atoms with Gasteiger partial charge in [-0.2, -0.15) is 4.98 Å². The normalized spacial score (nSPS) is 10.4. The number of nitrogens with one attached hydrogen (secondary N) is 1. The van der Waals surface area contributed by atoms with Gasteiger partial charge in [0.1, 0.15) is 5.82 Å². The number of thiophene rings is 1. The van der Waals surface area contributed by atoms with Crippen LogP contribution in [0.4, 0.5) is 11.8 Å². The monoisotopic (exact) mass is 390 g/mol. The molecule has 18 heavy (non-hydrogen) atoms. The Labute approximate surface area is 127 Å². The Bertz CT molecular complexity index is 544. The molecule has 0 atom stereocenters. The van der Waals surface area contributed by atoms with Gasteiger partial charge in [0.2, 0.25) is 5.95 Å². The van der Waals surface area contributed by atoms with Crippen molar-refractivity contribution in [3.8, 4) is 0 Å². The van der Waals surface area contributed by atoms with E-state index in [1.807, 2.05) is 14.1 Å². The molecule has 2 rings (SSSR count). The number of hydrogen-bond donors (Lipinski definition) is 1. The van der Waals surface area contributed by atoms with Crippen molar-refractivity contribution in [2.45, 2.75) is 6.54 Å². The third-order valence-corrected chi connectivity index (χ3v) is 4.46. The third kappa shape index (κ3) is 3.21. The summed E-state index contributed by atoms with van der Waals surface area (Å²) in [5.41, 5.74) is 1.26. The lowest BCUT2D eigenvalue weighted by Gasteiger charge is -2.19. The molecular weight excluding hydrogens is 380 g/mol. The molecule has 2 heterocycles. The molecule has 0 unspecified atom stereocenters. The van der Waals surface area contributed by atoms with Crippen molar-refractivity contribution in [2.75, 3.05) is 24.3 Å². The fourth-order valence-corrected chi connectivity index (χ4v) is 3.22. The van der Waals surface area contributed by atoms with Crippen molar-refractivity contribution in [2.24, 2.45) is 0 Å². The number of rotatable bonds is 4. The molecule has 0 radical (unpaired) electrons. The van der Waals surface area contributed by atoms with E-state index in [1.54, 1.807) is 17.5 Å². The Kier molecular flexibility index (Phi) is 4.58. The zero-order chi connectivity index (χ0) is 13.1. The van der Waals surface area contributed by atoms with Crippen LogP contribution in [-0.2, 0) is 6.54 Å². The lowest BCUT2D eigenvalue weighted by molar-refractivity contribution is 0.890. The van der Waals surface area contributed by atoms with Crippen molar-refractivity contribution in [1.29, 1.82) is 0 Å². The summed E-state index contributed by atoms with van der Waals surface area (Å²) in [5.74, 6) is 1.49. The van der Waals surface area contributed by atoms with Gasteiger partial charge in [0.15, 0.2) is 0 Å². The van der Waals surface area contributed by atoms with E-state index in [0.717, 1.165) is 20.6 Å². The van der Waals surface area contributed by atoms with Crippen LogP contribution in [0.2, 0.25) is 0 Å². The number of aromatic nitrogens is 2. The van der Waals surface area contributed by atoms with E-state index < -0.39 is 0 Å². The maximum atomic E-state index is 4.44. The minimum atomic E-state index is 0.617.